The highest BCUT2D eigenvalue weighted by Crippen LogP contribution is 2.30. The molecule has 5 amide bonds. The molecule has 0 saturated carbocycles. The summed E-state index contributed by atoms with van der Waals surface area (Å²) in [5, 5.41) is 11.4. The molecule has 1 saturated heterocycles. The summed E-state index contributed by atoms with van der Waals surface area (Å²) in [4.78, 5) is 125. The van der Waals surface area contributed by atoms with Crippen LogP contribution in [0.2, 0.25) is 0 Å². The van der Waals surface area contributed by atoms with Crippen molar-refractivity contribution in [2.45, 2.75) is 65.3 Å². The highest BCUT2D eigenvalue weighted by molar-refractivity contribution is 5.88. The maximum absolute atomic E-state index is 13.4. The molecule has 0 unspecified atom stereocenters. The van der Waals surface area contributed by atoms with E-state index in [1.54, 1.807) is 0 Å². The minimum Gasteiger partial charge on any atom is -0.460 e. The molecule has 5 atom stereocenters. The molecule has 1 fully saturated rings. The smallest absolute Gasteiger partial charge is 0.409 e. The van der Waals surface area contributed by atoms with E-state index in [0.29, 0.717) is 0 Å². The largest absolute Gasteiger partial charge is 0.460 e. The zero-order valence-corrected chi connectivity index (χ0v) is 37.8. The second kappa shape index (κ2) is 30.5. The molecule has 5 N–H and O–H groups in total. The molecule has 0 bridgehead atoms. The lowest BCUT2D eigenvalue weighted by Gasteiger charge is -2.43. The van der Waals surface area contributed by atoms with Gasteiger partial charge in [0.25, 0.3) is 0 Å². The molecule has 0 aromatic rings. The number of hydrogen-bond acceptors (Lipinski definition) is 21. The lowest BCUT2D eigenvalue weighted by molar-refractivity contribution is -0.281. The highest BCUT2D eigenvalue weighted by Gasteiger charge is 2.54. The molecular weight excluding hydrogens is 898 g/mol. The number of ether oxygens (including phenoxy) is 11. The fourth-order valence-corrected chi connectivity index (χ4v) is 4.46. The van der Waals surface area contributed by atoms with Gasteiger partial charge in [-0.25, -0.2) is 47.9 Å². The second-order valence-corrected chi connectivity index (χ2v) is 13.9. The van der Waals surface area contributed by atoms with Crippen LogP contribution in [0.25, 0.3) is 0 Å². The topological polar surface area (TPSA) is 332 Å². The summed E-state index contributed by atoms with van der Waals surface area (Å²) in [5.41, 5.74) is 0.341. The van der Waals surface area contributed by atoms with Crippen LogP contribution >= 0.6 is 0 Å². The van der Waals surface area contributed by atoms with Crippen LogP contribution in [-0.2, 0) is 76.1 Å². The first kappa shape index (κ1) is 57.4. The Morgan fingerprint density at radius 3 is 0.955 bits per heavy atom. The van der Waals surface area contributed by atoms with E-state index in [2.05, 4.69) is 59.5 Å². The fourth-order valence-electron chi connectivity index (χ4n) is 4.46. The van der Waals surface area contributed by atoms with Crippen molar-refractivity contribution in [1.29, 1.82) is 0 Å². The predicted octanol–water partition coefficient (Wildman–Crippen LogP) is 1.04. The van der Waals surface area contributed by atoms with Crippen molar-refractivity contribution in [3.63, 3.8) is 0 Å². The molecule has 1 heterocycles. The molecule has 0 radical (unpaired) electrons. The zero-order chi connectivity index (χ0) is 50.6. The lowest BCUT2D eigenvalue weighted by atomic mass is 9.98. The van der Waals surface area contributed by atoms with Crippen molar-refractivity contribution in [3.05, 3.63) is 60.8 Å². The number of carbonyl (C=O) groups excluding carboxylic acids is 10. The SMILES string of the molecule is C=C(C)C(=O)OCCNC(=O)OC[C@H]1O[C@@H](OC(=O)NCCOC(=O)C(=C)C)[C@H](OC(=O)NCCOC(=O)C(=C)C)[C@@H](OC(=O)NCCOC(=O)C(=C)C)[C@@H]1OC(=O)NCCOC(=O)C(=C)C. The van der Waals surface area contributed by atoms with E-state index < -0.39 is 104 Å². The number of amides is 5. The maximum atomic E-state index is 13.4. The van der Waals surface area contributed by atoms with Gasteiger partial charge in [-0.2, -0.15) is 0 Å². The monoisotopic (exact) mass is 955 g/mol. The van der Waals surface area contributed by atoms with Gasteiger partial charge in [-0.3, -0.25) is 0 Å². The zero-order valence-electron chi connectivity index (χ0n) is 37.8. The Bertz CT molecular complexity index is 1880. The van der Waals surface area contributed by atoms with Gasteiger partial charge in [-0.1, -0.05) is 32.9 Å². The summed E-state index contributed by atoms with van der Waals surface area (Å²) in [6, 6.07) is 0. The van der Waals surface area contributed by atoms with Crippen LogP contribution in [0.5, 0.6) is 0 Å². The minimum atomic E-state index is -2.12. The van der Waals surface area contributed by atoms with Gasteiger partial charge in [0.15, 0.2) is 12.2 Å². The Morgan fingerprint density at radius 1 is 0.373 bits per heavy atom. The van der Waals surface area contributed by atoms with Crippen molar-refractivity contribution in [2.75, 3.05) is 72.4 Å². The van der Waals surface area contributed by atoms with Crippen molar-refractivity contribution in [3.8, 4) is 0 Å². The van der Waals surface area contributed by atoms with Crippen molar-refractivity contribution in [1.82, 2.24) is 26.6 Å². The van der Waals surface area contributed by atoms with Crippen LogP contribution in [0, 0.1) is 0 Å². The summed E-state index contributed by atoms with van der Waals surface area (Å²) in [5.74, 6) is -3.84. The summed E-state index contributed by atoms with van der Waals surface area (Å²) in [6.45, 7) is 19.8. The first-order valence-electron chi connectivity index (χ1n) is 20.0. The average Bonchev–Trinajstić information content (AvgIpc) is 3.26. The summed E-state index contributed by atoms with van der Waals surface area (Å²) in [7, 11) is 0. The van der Waals surface area contributed by atoms with Crippen LogP contribution in [0.4, 0.5) is 24.0 Å². The van der Waals surface area contributed by atoms with Crippen LogP contribution in [-0.4, -0.2) is 163 Å². The third kappa shape index (κ3) is 23.7. The fraction of sp³-hybridized carbons (Fsp3) is 0.512. The van der Waals surface area contributed by atoms with Crippen LogP contribution in [0.3, 0.4) is 0 Å². The van der Waals surface area contributed by atoms with Gasteiger partial charge < -0.3 is 78.7 Å². The standard InChI is InChI=1S/C41H57N5O21/c1-22(2)31(47)57-16-11-42-37(52)62-21-27-28(64-38(53)43-12-17-58-32(48)23(3)4)29(65-39(54)44-13-18-59-33(49)24(5)6)30(66-40(55)45-14-19-60-34(50)25(7)8)36(63-27)67-41(56)46-15-20-61-35(51)26(9)10/h27-30,36H,1,3,5,7,9,11-21H2,2,4,6,8,10H3,(H,42,52)(H,43,53)(H,44,54)(H,45,55)(H,46,56)/t27-,28-,29+,30-,36+/m1/s1. The third-order valence-corrected chi connectivity index (χ3v) is 7.69. The minimum absolute atomic E-state index is 0.0559. The van der Waals surface area contributed by atoms with Gasteiger partial charge in [0.1, 0.15) is 45.7 Å². The molecule has 1 rings (SSSR count). The molecule has 67 heavy (non-hydrogen) atoms. The normalized spacial score (nSPS) is 16.9. The number of esters is 5. The first-order chi connectivity index (χ1) is 31.5. The molecule has 1 aliphatic heterocycles. The quantitative estimate of drug-likeness (QED) is 0.0350. The Labute approximate surface area is 384 Å². The Kier molecular flexibility index (Phi) is 26.1. The molecule has 0 spiro atoms. The van der Waals surface area contributed by atoms with Crippen LogP contribution in [0.15, 0.2) is 60.8 Å². The average molecular weight is 956 g/mol. The number of hydrogen-bond donors (Lipinski definition) is 5. The Hall–Kier alpha value is -7.64. The van der Waals surface area contributed by atoms with E-state index in [9.17, 15) is 47.9 Å². The van der Waals surface area contributed by atoms with Gasteiger partial charge in [-0.05, 0) is 34.6 Å². The first-order valence-corrected chi connectivity index (χ1v) is 20.0. The number of carbonyl (C=O) groups is 10. The lowest BCUT2D eigenvalue weighted by Crippen LogP contribution is -2.64. The van der Waals surface area contributed by atoms with Gasteiger partial charge in [-0.15, -0.1) is 0 Å². The molecule has 1 aliphatic rings. The predicted molar refractivity (Wildman–Crippen MR) is 226 cm³/mol. The maximum Gasteiger partial charge on any atom is 0.409 e. The molecule has 0 aromatic heterocycles. The Morgan fingerprint density at radius 2 is 0.642 bits per heavy atom. The molecule has 26 heteroatoms. The van der Waals surface area contributed by atoms with E-state index in [0.717, 1.165) is 0 Å². The Balaban J connectivity index is 3.65. The molecule has 372 valence electrons. The molecule has 0 aliphatic carbocycles. The van der Waals surface area contributed by atoms with Gasteiger partial charge in [0.2, 0.25) is 12.4 Å². The molecule has 0 aromatic carbocycles. The van der Waals surface area contributed by atoms with E-state index in [4.69, 9.17) is 52.1 Å². The van der Waals surface area contributed by atoms with Gasteiger partial charge in [0.05, 0.1) is 32.7 Å². The number of nitrogens with one attached hydrogen (secondary N) is 5. The third-order valence-electron chi connectivity index (χ3n) is 7.69. The van der Waals surface area contributed by atoms with Crippen LogP contribution < -0.4 is 26.6 Å². The highest BCUT2D eigenvalue weighted by atomic mass is 16.8. The van der Waals surface area contributed by atoms with E-state index >= 15 is 0 Å². The van der Waals surface area contributed by atoms with E-state index in [-0.39, 0.29) is 87.0 Å². The van der Waals surface area contributed by atoms with Crippen molar-refractivity contribution < 1.29 is 100 Å². The summed E-state index contributed by atoms with van der Waals surface area (Å²) in [6.07, 6.45) is -16.4. The van der Waals surface area contributed by atoms with Crippen molar-refractivity contribution >= 4 is 60.3 Å². The molecule has 26 nitrogen and oxygen atoms in total. The summed E-state index contributed by atoms with van der Waals surface area (Å²) >= 11 is 0. The van der Waals surface area contributed by atoms with Gasteiger partial charge in [0, 0.05) is 27.9 Å². The second-order valence-electron chi connectivity index (χ2n) is 13.9. The number of rotatable bonds is 26. The number of alkyl carbamates (subject to hydrolysis) is 5. The van der Waals surface area contributed by atoms with E-state index in [1.807, 2.05) is 0 Å². The van der Waals surface area contributed by atoms with Gasteiger partial charge >= 0.3 is 60.3 Å². The van der Waals surface area contributed by atoms with Crippen molar-refractivity contribution in [2.24, 2.45) is 0 Å². The summed E-state index contributed by atoms with van der Waals surface area (Å²) < 4.78 is 58.0. The molecular formula is C41H57N5O21. The van der Waals surface area contributed by atoms with Crippen LogP contribution in [0.1, 0.15) is 34.6 Å². The van der Waals surface area contributed by atoms with E-state index in [1.165, 1.54) is 34.6 Å².